The highest BCUT2D eigenvalue weighted by molar-refractivity contribution is 5.90. The van der Waals surface area contributed by atoms with Crippen molar-refractivity contribution in [3.8, 4) is 0 Å². The van der Waals surface area contributed by atoms with E-state index in [1.54, 1.807) is 27.7 Å². The molecule has 1 fully saturated rings. The third kappa shape index (κ3) is 4.63. The van der Waals surface area contributed by atoms with Crippen LogP contribution in [-0.4, -0.2) is 23.1 Å². The molecule has 0 aliphatic heterocycles. The molecule has 1 aliphatic rings. The molecule has 4 N–H and O–H groups in total. The first-order valence-corrected chi connectivity index (χ1v) is 5.98. The second-order valence-electron chi connectivity index (χ2n) is 6.02. The summed E-state index contributed by atoms with van der Waals surface area (Å²) in [6.07, 6.45) is 2.50. The van der Waals surface area contributed by atoms with Gasteiger partial charge in [-0.3, -0.25) is 5.41 Å². The lowest BCUT2D eigenvalue weighted by Crippen LogP contribution is -2.56. The summed E-state index contributed by atoms with van der Waals surface area (Å²) in [6.45, 7) is 7.19. The predicted molar refractivity (Wildman–Crippen MR) is 67.0 cm³/mol. The Labute approximate surface area is 103 Å². The minimum Gasteiger partial charge on any atom is -0.444 e. The van der Waals surface area contributed by atoms with Gasteiger partial charge in [-0.15, -0.1) is 0 Å². The molecule has 0 saturated heterocycles. The average Bonchev–Trinajstić information content (AvgIpc) is 2.83. The SMILES string of the molecule is CC(C)(C)OC(=O)NC(C)(CC1CC1)C(=N)N. The van der Waals surface area contributed by atoms with Crippen LogP contribution < -0.4 is 11.1 Å². The molecule has 0 aromatic rings. The van der Waals surface area contributed by atoms with E-state index in [-0.39, 0.29) is 5.84 Å². The van der Waals surface area contributed by atoms with Crippen molar-refractivity contribution in [2.45, 2.75) is 58.1 Å². The maximum Gasteiger partial charge on any atom is 0.408 e. The van der Waals surface area contributed by atoms with Crippen molar-refractivity contribution in [3.63, 3.8) is 0 Å². The first-order chi connectivity index (χ1) is 7.62. The highest BCUT2D eigenvalue weighted by Gasteiger charge is 2.38. The molecule has 0 bridgehead atoms. The monoisotopic (exact) mass is 241 g/mol. The number of nitrogens with one attached hydrogen (secondary N) is 2. The normalized spacial score (nSPS) is 19.3. The van der Waals surface area contributed by atoms with Crippen molar-refractivity contribution in [1.29, 1.82) is 5.41 Å². The van der Waals surface area contributed by atoms with Gasteiger partial charge in [0.05, 0.1) is 5.54 Å². The number of hydrogen-bond acceptors (Lipinski definition) is 3. The fourth-order valence-corrected chi connectivity index (χ4v) is 1.66. The number of rotatable bonds is 4. The van der Waals surface area contributed by atoms with Gasteiger partial charge in [-0.1, -0.05) is 12.8 Å². The fourth-order valence-electron chi connectivity index (χ4n) is 1.66. The fraction of sp³-hybridized carbons (Fsp3) is 0.833. The Morgan fingerprint density at radius 2 is 1.94 bits per heavy atom. The predicted octanol–water partition coefficient (Wildman–Crippen LogP) is 2.01. The maximum atomic E-state index is 11.7. The first-order valence-electron chi connectivity index (χ1n) is 5.98. The Bertz CT molecular complexity index is 318. The zero-order valence-corrected chi connectivity index (χ0v) is 11.1. The van der Waals surface area contributed by atoms with Gasteiger partial charge in [0.2, 0.25) is 0 Å². The molecule has 98 valence electrons. The van der Waals surface area contributed by atoms with Crippen LogP contribution in [-0.2, 0) is 4.74 Å². The second-order valence-corrected chi connectivity index (χ2v) is 6.02. The van der Waals surface area contributed by atoms with Gasteiger partial charge in [0.25, 0.3) is 0 Å². The highest BCUT2D eigenvalue weighted by Crippen LogP contribution is 2.36. The lowest BCUT2D eigenvalue weighted by atomic mass is 9.93. The number of amides is 1. The highest BCUT2D eigenvalue weighted by atomic mass is 16.6. The van der Waals surface area contributed by atoms with Gasteiger partial charge in [0, 0.05) is 0 Å². The quantitative estimate of drug-likeness (QED) is 0.519. The summed E-state index contributed by atoms with van der Waals surface area (Å²) < 4.78 is 5.18. The zero-order valence-electron chi connectivity index (χ0n) is 11.1. The molecule has 0 aromatic carbocycles. The van der Waals surface area contributed by atoms with E-state index < -0.39 is 17.2 Å². The van der Waals surface area contributed by atoms with E-state index >= 15 is 0 Å². The van der Waals surface area contributed by atoms with Crippen LogP contribution in [0, 0.1) is 11.3 Å². The molecular weight excluding hydrogens is 218 g/mol. The molecule has 1 atom stereocenters. The smallest absolute Gasteiger partial charge is 0.408 e. The van der Waals surface area contributed by atoms with Crippen LogP contribution in [0.2, 0.25) is 0 Å². The topological polar surface area (TPSA) is 88.2 Å². The van der Waals surface area contributed by atoms with E-state index in [9.17, 15) is 4.79 Å². The minimum absolute atomic E-state index is 0.0183. The van der Waals surface area contributed by atoms with Gasteiger partial charge < -0.3 is 15.8 Å². The number of nitrogens with two attached hydrogens (primary N) is 1. The molecule has 1 rings (SSSR count). The van der Waals surface area contributed by atoms with Gasteiger partial charge in [0.15, 0.2) is 0 Å². The average molecular weight is 241 g/mol. The molecule has 1 amide bonds. The first kappa shape index (κ1) is 13.8. The van der Waals surface area contributed by atoms with Crippen LogP contribution >= 0.6 is 0 Å². The lowest BCUT2D eigenvalue weighted by molar-refractivity contribution is 0.0485. The Hall–Kier alpha value is -1.26. The Balaban J connectivity index is 2.59. The summed E-state index contributed by atoms with van der Waals surface area (Å²) in [6, 6.07) is 0. The largest absolute Gasteiger partial charge is 0.444 e. The molecule has 0 aromatic heterocycles. The number of carbonyl (C=O) groups excluding carboxylic acids is 1. The summed E-state index contributed by atoms with van der Waals surface area (Å²) >= 11 is 0. The number of amidine groups is 1. The van der Waals surface area contributed by atoms with Crippen molar-refractivity contribution in [3.05, 3.63) is 0 Å². The van der Waals surface area contributed by atoms with Gasteiger partial charge in [-0.05, 0) is 40.0 Å². The molecule has 1 saturated carbocycles. The summed E-state index contributed by atoms with van der Waals surface area (Å²) in [5, 5.41) is 10.3. The minimum atomic E-state index is -0.788. The van der Waals surface area contributed by atoms with E-state index in [0.29, 0.717) is 12.3 Å². The summed E-state index contributed by atoms with van der Waals surface area (Å²) in [4.78, 5) is 11.7. The number of carbonyl (C=O) groups is 1. The molecule has 0 heterocycles. The molecule has 5 heteroatoms. The van der Waals surface area contributed by atoms with Gasteiger partial charge >= 0.3 is 6.09 Å². The van der Waals surface area contributed by atoms with Crippen LogP contribution in [0.15, 0.2) is 0 Å². The van der Waals surface area contributed by atoms with Crippen LogP contribution in [0.3, 0.4) is 0 Å². The molecule has 0 spiro atoms. The number of alkyl carbamates (subject to hydrolysis) is 1. The van der Waals surface area contributed by atoms with Crippen molar-refractivity contribution < 1.29 is 9.53 Å². The summed E-state index contributed by atoms with van der Waals surface area (Å²) in [7, 11) is 0. The van der Waals surface area contributed by atoms with Crippen molar-refractivity contribution in [1.82, 2.24) is 5.32 Å². The number of hydrogen-bond donors (Lipinski definition) is 3. The second kappa shape index (κ2) is 4.55. The lowest BCUT2D eigenvalue weighted by Gasteiger charge is -2.31. The van der Waals surface area contributed by atoms with Gasteiger partial charge in [-0.2, -0.15) is 0 Å². The third-order valence-corrected chi connectivity index (χ3v) is 2.77. The van der Waals surface area contributed by atoms with E-state index in [1.807, 2.05) is 0 Å². The van der Waals surface area contributed by atoms with E-state index in [4.69, 9.17) is 15.9 Å². The molecule has 1 aliphatic carbocycles. The Morgan fingerprint density at radius 3 is 2.29 bits per heavy atom. The molecule has 17 heavy (non-hydrogen) atoms. The maximum absolute atomic E-state index is 11.7. The van der Waals surface area contributed by atoms with Crippen LogP contribution in [0.5, 0.6) is 0 Å². The van der Waals surface area contributed by atoms with Crippen LogP contribution in [0.4, 0.5) is 4.79 Å². The molecular formula is C12H23N3O2. The summed E-state index contributed by atoms with van der Waals surface area (Å²) in [5.41, 5.74) is 4.24. The van der Waals surface area contributed by atoms with Crippen LogP contribution in [0.25, 0.3) is 0 Å². The van der Waals surface area contributed by atoms with Crippen molar-refractivity contribution in [2.75, 3.05) is 0 Å². The van der Waals surface area contributed by atoms with Crippen molar-refractivity contribution >= 4 is 11.9 Å². The van der Waals surface area contributed by atoms with Gasteiger partial charge in [0.1, 0.15) is 11.4 Å². The number of ether oxygens (including phenoxy) is 1. The summed E-state index contributed by atoms with van der Waals surface area (Å²) in [5.74, 6) is 0.550. The molecule has 0 radical (unpaired) electrons. The van der Waals surface area contributed by atoms with Crippen LogP contribution in [0.1, 0.15) is 47.0 Å². The zero-order chi connectivity index (χ0) is 13.3. The van der Waals surface area contributed by atoms with E-state index in [1.165, 1.54) is 0 Å². The van der Waals surface area contributed by atoms with E-state index in [2.05, 4.69) is 5.32 Å². The van der Waals surface area contributed by atoms with Gasteiger partial charge in [-0.25, -0.2) is 4.79 Å². The standard InChI is InChI=1S/C12H23N3O2/c1-11(2,3)17-10(16)15-12(4,9(13)14)7-8-5-6-8/h8H,5-7H2,1-4H3,(H3,13,14)(H,15,16). The molecule has 5 nitrogen and oxygen atoms in total. The Kier molecular flexibility index (Phi) is 3.69. The third-order valence-electron chi connectivity index (χ3n) is 2.77. The molecule has 1 unspecified atom stereocenters. The Morgan fingerprint density at radius 1 is 1.41 bits per heavy atom. The van der Waals surface area contributed by atoms with E-state index in [0.717, 1.165) is 12.8 Å². The van der Waals surface area contributed by atoms with Crippen molar-refractivity contribution in [2.24, 2.45) is 11.7 Å².